The Balaban J connectivity index is 1.04. The van der Waals surface area contributed by atoms with Crippen LogP contribution in [0.4, 0.5) is 11.4 Å². The number of para-hydroxylation sites is 2. The van der Waals surface area contributed by atoms with Crippen LogP contribution in [0.3, 0.4) is 0 Å². The highest BCUT2D eigenvalue weighted by Crippen LogP contribution is 2.38. The highest BCUT2D eigenvalue weighted by atomic mass is 32.1. The van der Waals surface area contributed by atoms with Gasteiger partial charge in [-0.2, -0.15) is 0 Å². The summed E-state index contributed by atoms with van der Waals surface area (Å²) < 4.78 is 2.03. The first kappa shape index (κ1) is 27.3. The van der Waals surface area contributed by atoms with E-state index in [1.165, 1.54) is 40.9 Å². The molecule has 0 spiro atoms. The van der Waals surface area contributed by atoms with Gasteiger partial charge in [-0.05, 0) is 66.7 Å². The lowest BCUT2D eigenvalue weighted by Gasteiger charge is -2.10. The number of hydrogen-bond acceptors (Lipinski definition) is 8. The van der Waals surface area contributed by atoms with E-state index >= 15 is 0 Å². The Morgan fingerprint density at radius 3 is 1.43 bits per heavy atom. The number of benzene rings is 5. The quantitative estimate of drug-likeness (QED) is 0.150. The van der Waals surface area contributed by atoms with Crippen LogP contribution in [0.15, 0.2) is 109 Å². The van der Waals surface area contributed by atoms with Gasteiger partial charge in [-0.15, -0.1) is 22.7 Å². The van der Waals surface area contributed by atoms with Crippen LogP contribution in [-0.2, 0) is 0 Å². The van der Waals surface area contributed by atoms with Gasteiger partial charge < -0.3 is 20.8 Å². The number of aromatic hydroxyl groups is 2. The molecule has 0 atom stereocenters. The van der Waals surface area contributed by atoms with Gasteiger partial charge in [-0.1, -0.05) is 30.3 Å². The SMILES string of the molecule is O=C(Nc1ccc(-c2nc3ccccc3s2)c(O)c1)c1cccc(C(=O)Nc2ccc(-c3nc4ccccc4s3)c(O)c2)c1. The average Bonchev–Trinajstić information content (AvgIpc) is 3.66. The highest BCUT2D eigenvalue weighted by Gasteiger charge is 2.16. The number of thiazole rings is 2. The Hall–Kier alpha value is -5.58. The highest BCUT2D eigenvalue weighted by molar-refractivity contribution is 7.22. The van der Waals surface area contributed by atoms with Gasteiger partial charge in [-0.3, -0.25) is 9.59 Å². The lowest BCUT2D eigenvalue weighted by molar-refractivity contribution is 0.102. The standard InChI is InChI=1S/C34H22N4O4S2/c39-27-17-21(12-14-23(27)33-37-25-8-1-3-10-29(25)43-33)35-31(41)19-6-5-7-20(16-19)32(42)36-22-13-15-24(28(40)18-22)34-38-26-9-2-4-11-30(26)44-34/h1-18,39-40H,(H,35,41)(H,36,42). The van der Waals surface area contributed by atoms with Crippen molar-refractivity contribution >= 4 is 66.3 Å². The molecule has 0 saturated carbocycles. The Kier molecular flexibility index (Phi) is 6.97. The average molecular weight is 615 g/mol. The third kappa shape index (κ3) is 5.35. The normalized spacial score (nSPS) is 11.1. The predicted molar refractivity (Wildman–Crippen MR) is 176 cm³/mol. The molecule has 44 heavy (non-hydrogen) atoms. The van der Waals surface area contributed by atoms with Gasteiger partial charge in [0.15, 0.2) is 0 Å². The number of aromatic nitrogens is 2. The summed E-state index contributed by atoms with van der Waals surface area (Å²) in [7, 11) is 0. The zero-order valence-corrected chi connectivity index (χ0v) is 24.4. The number of amides is 2. The third-order valence-corrected chi connectivity index (χ3v) is 9.09. The number of phenols is 2. The first-order valence-electron chi connectivity index (χ1n) is 13.5. The maximum Gasteiger partial charge on any atom is 0.255 e. The van der Waals surface area contributed by atoms with Gasteiger partial charge in [0.2, 0.25) is 0 Å². The predicted octanol–water partition coefficient (Wildman–Crippen LogP) is 8.16. The topological polar surface area (TPSA) is 124 Å². The van der Waals surface area contributed by atoms with Crippen LogP contribution in [0.25, 0.3) is 41.6 Å². The Labute approximate surface area is 258 Å². The van der Waals surface area contributed by atoms with Gasteiger partial charge in [-0.25, -0.2) is 9.97 Å². The van der Waals surface area contributed by atoms with Crippen LogP contribution in [0.5, 0.6) is 11.5 Å². The summed E-state index contributed by atoms with van der Waals surface area (Å²) in [5, 5.41) is 28.3. The number of anilines is 2. The summed E-state index contributed by atoms with van der Waals surface area (Å²) in [5.41, 5.74) is 4.18. The summed E-state index contributed by atoms with van der Waals surface area (Å²) >= 11 is 2.95. The second-order valence-corrected chi connectivity index (χ2v) is 12.0. The molecule has 0 aliphatic heterocycles. The van der Waals surface area contributed by atoms with E-state index in [2.05, 4.69) is 20.6 Å². The van der Waals surface area contributed by atoms with E-state index < -0.39 is 11.8 Å². The third-order valence-electron chi connectivity index (χ3n) is 6.95. The molecule has 0 bridgehead atoms. The van der Waals surface area contributed by atoms with Crippen LogP contribution in [0.1, 0.15) is 20.7 Å². The molecule has 0 aliphatic rings. The number of rotatable bonds is 6. The summed E-state index contributed by atoms with van der Waals surface area (Å²) in [6, 6.07) is 31.5. The van der Waals surface area contributed by atoms with Crippen LogP contribution in [0.2, 0.25) is 0 Å². The van der Waals surface area contributed by atoms with E-state index in [1.807, 2.05) is 48.5 Å². The first-order valence-corrected chi connectivity index (χ1v) is 15.2. The first-order chi connectivity index (χ1) is 21.4. The van der Waals surface area contributed by atoms with E-state index in [0.717, 1.165) is 20.4 Å². The lowest BCUT2D eigenvalue weighted by Crippen LogP contribution is -2.15. The molecule has 7 aromatic rings. The number of hydrogen-bond donors (Lipinski definition) is 4. The van der Waals surface area contributed by atoms with E-state index in [1.54, 1.807) is 42.5 Å². The van der Waals surface area contributed by atoms with Gasteiger partial charge in [0.1, 0.15) is 21.5 Å². The van der Waals surface area contributed by atoms with Crippen molar-refractivity contribution in [2.75, 3.05) is 10.6 Å². The van der Waals surface area contributed by atoms with Crippen molar-refractivity contribution in [1.82, 2.24) is 9.97 Å². The monoisotopic (exact) mass is 614 g/mol. The van der Waals surface area contributed by atoms with Crippen LogP contribution < -0.4 is 10.6 Å². The zero-order valence-electron chi connectivity index (χ0n) is 22.8. The van der Waals surface area contributed by atoms with E-state index in [0.29, 0.717) is 32.5 Å². The van der Waals surface area contributed by atoms with Gasteiger partial charge in [0.25, 0.3) is 11.8 Å². The minimum atomic E-state index is -0.440. The molecule has 8 nitrogen and oxygen atoms in total. The second-order valence-electron chi connectivity index (χ2n) is 9.93. The maximum absolute atomic E-state index is 13.0. The zero-order chi connectivity index (χ0) is 30.2. The Morgan fingerprint density at radius 2 is 1.00 bits per heavy atom. The molecule has 0 radical (unpaired) electrons. The van der Waals surface area contributed by atoms with E-state index in [-0.39, 0.29) is 22.6 Å². The summed E-state index contributed by atoms with van der Waals surface area (Å²) in [6.45, 7) is 0. The number of fused-ring (bicyclic) bond motifs is 2. The molecule has 0 aliphatic carbocycles. The molecule has 4 N–H and O–H groups in total. The fourth-order valence-corrected chi connectivity index (χ4v) is 6.76. The smallest absolute Gasteiger partial charge is 0.255 e. The summed E-state index contributed by atoms with van der Waals surface area (Å²) in [4.78, 5) is 35.3. The number of carbonyl (C=O) groups is 2. The van der Waals surface area contributed by atoms with E-state index in [4.69, 9.17) is 0 Å². The molecule has 0 saturated heterocycles. The summed E-state index contributed by atoms with van der Waals surface area (Å²) in [6.07, 6.45) is 0. The van der Waals surface area contributed by atoms with Crippen molar-refractivity contribution in [3.05, 3.63) is 120 Å². The Morgan fingerprint density at radius 1 is 0.545 bits per heavy atom. The maximum atomic E-state index is 13.0. The van der Waals surface area contributed by atoms with Gasteiger partial charge >= 0.3 is 0 Å². The number of carbonyl (C=O) groups excluding carboxylic acids is 2. The number of nitrogens with one attached hydrogen (secondary N) is 2. The van der Waals surface area contributed by atoms with Crippen molar-refractivity contribution in [2.24, 2.45) is 0 Å². The molecule has 0 unspecified atom stereocenters. The van der Waals surface area contributed by atoms with Crippen molar-refractivity contribution < 1.29 is 19.8 Å². The molecule has 7 rings (SSSR count). The molecular weight excluding hydrogens is 593 g/mol. The van der Waals surface area contributed by atoms with Crippen LogP contribution in [0, 0.1) is 0 Å². The minimum Gasteiger partial charge on any atom is -0.507 e. The van der Waals surface area contributed by atoms with Crippen molar-refractivity contribution in [3.8, 4) is 32.6 Å². The van der Waals surface area contributed by atoms with Crippen LogP contribution in [-0.4, -0.2) is 32.0 Å². The fraction of sp³-hybridized carbons (Fsp3) is 0. The van der Waals surface area contributed by atoms with Crippen molar-refractivity contribution in [3.63, 3.8) is 0 Å². The van der Waals surface area contributed by atoms with Crippen LogP contribution >= 0.6 is 22.7 Å². The number of phenolic OH excluding ortho intramolecular Hbond substituents is 2. The summed E-state index contributed by atoms with van der Waals surface area (Å²) in [5.74, 6) is -0.894. The molecule has 5 aromatic carbocycles. The van der Waals surface area contributed by atoms with Gasteiger partial charge in [0, 0.05) is 34.6 Å². The minimum absolute atomic E-state index is 0.00705. The Bertz CT molecular complexity index is 2000. The molecule has 0 fully saturated rings. The fourth-order valence-electron chi connectivity index (χ4n) is 4.76. The second kappa shape index (κ2) is 11.3. The molecule has 10 heteroatoms. The molecule has 2 amide bonds. The molecule has 2 heterocycles. The lowest BCUT2D eigenvalue weighted by atomic mass is 10.1. The largest absolute Gasteiger partial charge is 0.507 e. The van der Waals surface area contributed by atoms with Gasteiger partial charge in [0.05, 0.1) is 31.6 Å². The van der Waals surface area contributed by atoms with Crippen molar-refractivity contribution in [1.29, 1.82) is 0 Å². The van der Waals surface area contributed by atoms with E-state index in [9.17, 15) is 19.8 Å². The van der Waals surface area contributed by atoms with Crippen molar-refractivity contribution in [2.45, 2.75) is 0 Å². The number of nitrogens with zero attached hydrogens (tertiary/aromatic N) is 2. The molecule has 2 aromatic heterocycles. The molecule has 214 valence electrons. The molecular formula is C34H22N4O4S2.